The number of rotatable bonds is 7. The molecule has 0 saturated heterocycles. The van der Waals surface area contributed by atoms with Crippen molar-refractivity contribution in [2.45, 2.75) is 38.4 Å². The van der Waals surface area contributed by atoms with Gasteiger partial charge in [0.1, 0.15) is 11.6 Å². The Kier molecular flexibility index (Phi) is 7.68. The van der Waals surface area contributed by atoms with Crippen LogP contribution in [0.2, 0.25) is 0 Å². The van der Waals surface area contributed by atoms with Crippen LogP contribution < -0.4 is 4.74 Å². The first-order valence-corrected chi connectivity index (χ1v) is 12.6. The molecule has 0 saturated carbocycles. The molecule has 1 aliphatic carbocycles. The highest BCUT2D eigenvalue weighted by atomic mass is 79.9. The zero-order valence-electron chi connectivity index (χ0n) is 20.9. The molecule has 1 aliphatic rings. The number of fused-ring (bicyclic) bond motifs is 2. The van der Waals surface area contributed by atoms with Crippen molar-refractivity contribution in [2.75, 3.05) is 7.11 Å². The Labute approximate surface area is 228 Å². The number of aromatic amines is 1. The highest BCUT2D eigenvalue weighted by molar-refractivity contribution is 8.93. The summed E-state index contributed by atoms with van der Waals surface area (Å²) in [4.78, 5) is 15.8. The number of methoxy groups -OCH3 is 1. The number of benzene rings is 3. The molecule has 0 bridgehead atoms. The van der Waals surface area contributed by atoms with E-state index in [0.717, 1.165) is 59.7 Å². The molecule has 1 unspecified atom stereocenters. The van der Waals surface area contributed by atoms with Gasteiger partial charge >= 0.3 is 0 Å². The Morgan fingerprint density at radius 1 is 0.919 bits per heavy atom. The SMILES string of the molecule is Br.COc1ccccc1-c1ccc(CN(Cc2nc3ccccc3[nH]2)C2CCCc3cccnc32)cc1. The largest absolute Gasteiger partial charge is 0.496 e. The molecule has 188 valence electrons. The maximum atomic E-state index is 5.57. The molecule has 0 aliphatic heterocycles. The molecule has 0 radical (unpaired) electrons. The van der Waals surface area contributed by atoms with Gasteiger partial charge in [0.25, 0.3) is 0 Å². The van der Waals surface area contributed by atoms with Gasteiger partial charge in [0.15, 0.2) is 0 Å². The lowest BCUT2D eigenvalue weighted by molar-refractivity contribution is 0.153. The van der Waals surface area contributed by atoms with Gasteiger partial charge in [-0.2, -0.15) is 0 Å². The Morgan fingerprint density at radius 2 is 1.73 bits per heavy atom. The molecular weight excluding hydrogens is 524 g/mol. The van der Waals surface area contributed by atoms with E-state index in [4.69, 9.17) is 14.7 Å². The van der Waals surface area contributed by atoms with Gasteiger partial charge in [0.2, 0.25) is 0 Å². The second kappa shape index (κ2) is 11.3. The van der Waals surface area contributed by atoms with Gasteiger partial charge in [0, 0.05) is 18.3 Å². The second-order valence-corrected chi connectivity index (χ2v) is 9.46. The standard InChI is InChI=1S/C31H30N4O.BrH/c1-36-29-14-5-2-10-25(29)23-17-15-22(16-18-23)20-35(21-30-33-26-11-3-4-12-27(26)34-30)28-13-6-8-24-9-7-19-32-31(24)28;/h2-5,7,9-12,14-19,28H,6,8,13,20-21H2,1H3,(H,33,34);1H. The minimum absolute atomic E-state index is 0. The summed E-state index contributed by atoms with van der Waals surface area (Å²) in [6.45, 7) is 1.56. The topological polar surface area (TPSA) is 54.0 Å². The molecule has 0 amide bonds. The van der Waals surface area contributed by atoms with Gasteiger partial charge < -0.3 is 9.72 Å². The summed E-state index contributed by atoms with van der Waals surface area (Å²) in [5, 5.41) is 0. The molecule has 2 heterocycles. The predicted octanol–water partition coefficient (Wildman–Crippen LogP) is 7.29. The first-order valence-electron chi connectivity index (χ1n) is 12.6. The average molecular weight is 556 g/mol. The highest BCUT2D eigenvalue weighted by Gasteiger charge is 2.28. The molecule has 2 aromatic heterocycles. The summed E-state index contributed by atoms with van der Waals surface area (Å²) in [5.41, 5.74) is 8.21. The first kappa shape index (κ1) is 25.2. The lowest BCUT2D eigenvalue weighted by atomic mass is 9.90. The number of aryl methyl sites for hydroxylation is 1. The molecule has 1 atom stereocenters. The van der Waals surface area contributed by atoms with Crippen molar-refractivity contribution in [3.63, 3.8) is 0 Å². The summed E-state index contributed by atoms with van der Waals surface area (Å²) in [6.07, 6.45) is 5.31. The van der Waals surface area contributed by atoms with E-state index in [-0.39, 0.29) is 23.0 Å². The van der Waals surface area contributed by atoms with Gasteiger partial charge in [-0.1, -0.05) is 60.7 Å². The zero-order valence-corrected chi connectivity index (χ0v) is 22.6. The lowest BCUT2D eigenvalue weighted by Gasteiger charge is -2.34. The van der Waals surface area contributed by atoms with Crippen LogP contribution in [0.3, 0.4) is 0 Å². The fraction of sp³-hybridized carbons (Fsp3) is 0.226. The fourth-order valence-corrected chi connectivity index (χ4v) is 5.40. The summed E-state index contributed by atoms with van der Waals surface area (Å²) in [5.74, 6) is 1.88. The number of pyridine rings is 1. The van der Waals surface area contributed by atoms with Gasteiger partial charge in [-0.25, -0.2) is 4.98 Å². The number of H-pyrrole nitrogens is 1. The number of nitrogens with one attached hydrogen (secondary N) is 1. The number of aromatic nitrogens is 3. The molecular formula is C31H31BrN4O. The number of nitrogens with zero attached hydrogens (tertiary/aromatic N) is 3. The number of ether oxygens (including phenoxy) is 1. The van der Waals surface area contributed by atoms with E-state index in [2.05, 4.69) is 64.5 Å². The van der Waals surface area contributed by atoms with Crippen LogP contribution in [0.5, 0.6) is 5.75 Å². The van der Waals surface area contributed by atoms with Crippen molar-refractivity contribution in [1.82, 2.24) is 19.9 Å². The maximum absolute atomic E-state index is 5.57. The predicted molar refractivity (Wildman–Crippen MR) is 154 cm³/mol. The number of halogens is 1. The summed E-state index contributed by atoms with van der Waals surface area (Å²) >= 11 is 0. The van der Waals surface area contributed by atoms with Crippen LogP contribution >= 0.6 is 17.0 Å². The van der Waals surface area contributed by atoms with E-state index in [0.29, 0.717) is 0 Å². The Hall–Kier alpha value is -3.48. The third kappa shape index (κ3) is 5.31. The van der Waals surface area contributed by atoms with Crippen molar-refractivity contribution in [1.29, 1.82) is 0 Å². The Bertz CT molecular complexity index is 1450. The third-order valence-corrected chi connectivity index (χ3v) is 7.16. The maximum Gasteiger partial charge on any atom is 0.126 e. The van der Waals surface area contributed by atoms with Crippen molar-refractivity contribution in [2.24, 2.45) is 0 Å². The number of hydrogen-bond acceptors (Lipinski definition) is 4. The van der Waals surface area contributed by atoms with Crippen molar-refractivity contribution < 1.29 is 4.74 Å². The van der Waals surface area contributed by atoms with E-state index in [1.54, 1.807) is 7.11 Å². The molecule has 6 heteroatoms. The normalized spacial score (nSPS) is 14.8. The van der Waals surface area contributed by atoms with E-state index in [9.17, 15) is 0 Å². The number of para-hydroxylation sites is 3. The van der Waals surface area contributed by atoms with Crippen LogP contribution in [0, 0.1) is 0 Å². The molecule has 0 fully saturated rings. The van der Waals surface area contributed by atoms with Crippen LogP contribution in [-0.2, 0) is 19.5 Å². The number of hydrogen-bond donors (Lipinski definition) is 1. The van der Waals surface area contributed by atoms with Crippen LogP contribution in [0.4, 0.5) is 0 Å². The quantitative estimate of drug-likeness (QED) is 0.229. The highest BCUT2D eigenvalue weighted by Crippen LogP contribution is 2.35. The van der Waals surface area contributed by atoms with Crippen molar-refractivity contribution in [3.05, 3.63) is 114 Å². The lowest BCUT2D eigenvalue weighted by Crippen LogP contribution is -2.31. The van der Waals surface area contributed by atoms with E-state index >= 15 is 0 Å². The summed E-state index contributed by atoms with van der Waals surface area (Å²) in [6, 6.07) is 29.8. The zero-order chi connectivity index (χ0) is 24.3. The molecule has 6 rings (SSSR count). The Morgan fingerprint density at radius 3 is 2.57 bits per heavy atom. The smallest absolute Gasteiger partial charge is 0.126 e. The second-order valence-electron chi connectivity index (χ2n) is 9.46. The molecule has 3 aromatic carbocycles. The third-order valence-electron chi connectivity index (χ3n) is 7.16. The van der Waals surface area contributed by atoms with Crippen molar-refractivity contribution >= 4 is 28.0 Å². The van der Waals surface area contributed by atoms with Gasteiger partial charge in [-0.3, -0.25) is 9.88 Å². The molecule has 5 nitrogen and oxygen atoms in total. The van der Waals surface area contributed by atoms with Gasteiger partial charge in [-0.05, 0) is 60.2 Å². The summed E-state index contributed by atoms with van der Waals surface area (Å²) in [7, 11) is 1.72. The van der Waals surface area contributed by atoms with Gasteiger partial charge in [0.05, 0.1) is 36.4 Å². The monoisotopic (exact) mass is 554 g/mol. The molecule has 37 heavy (non-hydrogen) atoms. The van der Waals surface area contributed by atoms with Crippen LogP contribution in [0.25, 0.3) is 22.2 Å². The van der Waals surface area contributed by atoms with Crippen LogP contribution in [0.1, 0.15) is 41.5 Å². The summed E-state index contributed by atoms with van der Waals surface area (Å²) < 4.78 is 5.57. The van der Waals surface area contributed by atoms with Crippen molar-refractivity contribution in [3.8, 4) is 16.9 Å². The van der Waals surface area contributed by atoms with Crippen LogP contribution in [0.15, 0.2) is 91.1 Å². The average Bonchev–Trinajstić information content (AvgIpc) is 3.35. The minimum Gasteiger partial charge on any atom is -0.496 e. The van der Waals surface area contributed by atoms with Gasteiger partial charge in [-0.15, -0.1) is 17.0 Å². The molecule has 0 spiro atoms. The first-order chi connectivity index (χ1) is 17.8. The minimum atomic E-state index is 0. The van der Waals surface area contributed by atoms with E-state index in [1.807, 2.05) is 36.5 Å². The Balaban J connectivity index is 0.00000280. The van der Waals surface area contributed by atoms with E-state index < -0.39 is 0 Å². The molecule has 1 N–H and O–H groups in total. The van der Waals surface area contributed by atoms with Crippen LogP contribution in [-0.4, -0.2) is 27.0 Å². The fourth-order valence-electron chi connectivity index (χ4n) is 5.40. The molecule has 5 aromatic rings. The number of imidazole rings is 1. The van der Waals surface area contributed by atoms with E-state index in [1.165, 1.54) is 23.2 Å².